The molecule has 0 saturated carbocycles. The number of rotatable bonds is 9. The normalized spacial score (nSPS) is 11.2. The Morgan fingerprint density at radius 1 is 1.09 bits per heavy atom. The fourth-order valence-electron chi connectivity index (χ4n) is 1.54. The molecule has 0 aromatic heterocycles. The Morgan fingerprint density at radius 3 is 2.30 bits per heavy atom. The molecule has 1 unspecified atom stereocenters. The van der Waals surface area contributed by atoms with Crippen LogP contribution in [0.25, 0.3) is 0 Å². The SMILES string of the molecule is C=C(C)C(=O)OCC(COc1ccccc1)OC(=O)CC(C)=O. The van der Waals surface area contributed by atoms with Gasteiger partial charge in [0.15, 0.2) is 6.10 Å². The molecule has 0 N–H and O–H groups in total. The summed E-state index contributed by atoms with van der Waals surface area (Å²) in [5.74, 6) is -0.995. The topological polar surface area (TPSA) is 78.9 Å². The third-order valence-corrected chi connectivity index (χ3v) is 2.62. The van der Waals surface area contributed by atoms with Gasteiger partial charge in [-0.2, -0.15) is 0 Å². The first kappa shape index (κ1) is 18.4. The maximum Gasteiger partial charge on any atom is 0.333 e. The van der Waals surface area contributed by atoms with Gasteiger partial charge in [0, 0.05) is 5.57 Å². The number of ether oxygens (including phenoxy) is 3. The van der Waals surface area contributed by atoms with Gasteiger partial charge in [-0.1, -0.05) is 24.8 Å². The minimum Gasteiger partial charge on any atom is -0.490 e. The second-order valence-corrected chi connectivity index (χ2v) is 4.99. The second-order valence-electron chi connectivity index (χ2n) is 4.99. The van der Waals surface area contributed by atoms with E-state index in [0.717, 1.165) is 0 Å². The van der Waals surface area contributed by atoms with E-state index >= 15 is 0 Å². The average Bonchev–Trinajstić information content (AvgIpc) is 2.49. The summed E-state index contributed by atoms with van der Waals surface area (Å²) >= 11 is 0. The Bertz CT molecular complexity index is 564. The van der Waals surface area contributed by atoms with Crippen LogP contribution in [-0.2, 0) is 23.9 Å². The lowest BCUT2D eigenvalue weighted by Crippen LogP contribution is -2.31. The zero-order valence-electron chi connectivity index (χ0n) is 13.2. The van der Waals surface area contributed by atoms with Crippen LogP contribution in [-0.4, -0.2) is 37.0 Å². The fraction of sp³-hybridized carbons (Fsp3) is 0.353. The van der Waals surface area contributed by atoms with E-state index in [-0.39, 0.29) is 31.0 Å². The van der Waals surface area contributed by atoms with E-state index in [1.54, 1.807) is 24.3 Å². The summed E-state index contributed by atoms with van der Waals surface area (Å²) < 4.78 is 15.6. The molecule has 0 amide bonds. The third-order valence-electron chi connectivity index (χ3n) is 2.62. The molecule has 0 radical (unpaired) electrons. The summed E-state index contributed by atoms with van der Waals surface area (Å²) in [4.78, 5) is 34.0. The van der Waals surface area contributed by atoms with E-state index in [0.29, 0.717) is 5.75 Å². The number of hydrogen-bond donors (Lipinski definition) is 0. The van der Waals surface area contributed by atoms with Gasteiger partial charge in [-0.15, -0.1) is 0 Å². The van der Waals surface area contributed by atoms with Crippen LogP contribution in [0.4, 0.5) is 0 Å². The van der Waals surface area contributed by atoms with Crippen molar-refractivity contribution in [3.63, 3.8) is 0 Å². The van der Waals surface area contributed by atoms with Crippen LogP contribution < -0.4 is 4.74 Å². The number of para-hydroxylation sites is 1. The van der Waals surface area contributed by atoms with Crippen molar-refractivity contribution in [1.82, 2.24) is 0 Å². The van der Waals surface area contributed by atoms with Gasteiger partial charge < -0.3 is 14.2 Å². The third kappa shape index (κ3) is 7.80. The molecule has 6 heteroatoms. The van der Waals surface area contributed by atoms with Crippen LogP contribution in [0.5, 0.6) is 5.75 Å². The van der Waals surface area contributed by atoms with Crippen molar-refractivity contribution >= 4 is 17.7 Å². The molecule has 0 aliphatic carbocycles. The lowest BCUT2D eigenvalue weighted by Gasteiger charge is -2.18. The number of ketones is 1. The maximum absolute atomic E-state index is 11.6. The van der Waals surface area contributed by atoms with Crippen molar-refractivity contribution in [3.05, 3.63) is 42.5 Å². The molecule has 1 rings (SSSR count). The molecule has 0 aliphatic rings. The van der Waals surface area contributed by atoms with E-state index in [4.69, 9.17) is 14.2 Å². The average molecular weight is 320 g/mol. The van der Waals surface area contributed by atoms with Crippen LogP contribution in [0.2, 0.25) is 0 Å². The van der Waals surface area contributed by atoms with Crippen molar-refractivity contribution in [2.24, 2.45) is 0 Å². The summed E-state index contributed by atoms with van der Waals surface area (Å²) in [5.41, 5.74) is 0.239. The first-order valence-corrected chi connectivity index (χ1v) is 7.08. The van der Waals surface area contributed by atoms with Crippen molar-refractivity contribution in [3.8, 4) is 5.75 Å². The van der Waals surface area contributed by atoms with Crippen LogP contribution in [0.1, 0.15) is 20.3 Å². The fourth-order valence-corrected chi connectivity index (χ4v) is 1.54. The Hall–Kier alpha value is -2.63. The Labute approximate surface area is 135 Å². The van der Waals surface area contributed by atoms with E-state index in [9.17, 15) is 14.4 Å². The lowest BCUT2D eigenvalue weighted by molar-refractivity contribution is -0.160. The largest absolute Gasteiger partial charge is 0.490 e. The van der Waals surface area contributed by atoms with Crippen LogP contribution >= 0.6 is 0 Å². The smallest absolute Gasteiger partial charge is 0.333 e. The number of esters is 2. The number of Topliss-reactive ketones (excluding diaryl/α,β-unsaturated/α-hetero) is 1. The molecule has 1 atom stereocenters. The molecule has 0 heterocycles. The molecule has 124 valence electrons. The molecule has 0 bridgehead atoms. The standard InChI is InChI=1S/C17H20O6/c1-12(2)17(20)22-11-15(23-16(19)9-13(3)18)10-21-14-7-5-4-6-8-14/h4-8,15H,1,9-11H2,2-3H3. The molecule has 1 aromatic rings. The molecule has 0 spiro atoms. The highest BCUT2D eigenvalue weighted by molar-refractivity contribution is 5.94. The highest BCUT2D eigenvalue weighted by atomic mass is 16.6. The first-order chi connectivity index (χ1) is 10.9. The van der Waals surface area contributed by atoms with E-state index in [1.165, 1.54) is 13.8 Å². The number of carbonyl (C=O) groups excluding carboxylic acids is 3. The Balaban J connectivity index is 2.59. The van der Waals surface area contributed by atoms with Gasteiger partial charge in [-0.3, -0.25) is 9.59 Å². The quantitative estimate of drug-likeness (QED) is 0.394. The highest BCUT2D eigenvalue weighted by Gasteiger charge is 2.19. The summed E-state index contributed by atoms with van der Waals surface area (Å²) in [6, 6.07) is 8.93. The molecular formula is C17H20O6. The zero-order valence-corrected chi connectivity index (χ0v) is 13.2. The Morgan fingerprint density at radius 2 is 1.74 bits per heavy atom. The minimum absolute atomic E-state index is 0.00285. The van der Waals surface area contributed by atoms with Gasteiger partial charge in [0.05, 0.1) is 0 Å². The molecule has 1 aromatic carbocycles. The first-order valence-electron chi connectivity index (χ1n) is 7.08. The van der Waals surface area contributed by atoms with Crippen molar-refractivity contribution < 1.29 is 28.6 Å². The molecule has 6 nitrogen and oxygen atoms in total. The summed E-state index contributed by atoms with van der Waals surface area (Å²) in [5, 5.41) is 0. The number of benzene rings is 1. The monoisotopic (exact) mass is 320 g/mol. The predicted molar refractivity (Wildman–Crippen MR) is 82.9 cm³/mol. The maximum atomic E-state index is 11.6. The van der Waals surface area contributed by atoms with Crippen molar-refractivity contribution in [2.75, 3.05) is 13.2 Å². The number of carbonyl (C=O) groups is 3. The molecule has 0 aliphatic heterocycles. The number of hydrogen-bond acceptors (Lipinski definition) is 6. The summed E-state index contributed by atoms with van der Waals surface area (Å²) in [7, 11) is 0. The van der Waals surface area contributed by atoms with E-state index < -0.39 is 18.0 Å². The minimum atomic E-state index is -0.814. The van der Waals surface area contributed by atoms with Gasteiger partial charge in [0.25, 0.3) is 0 Å². The van der Waals surface area contributed by atoms with Gasteiger partial charge in [-0.25, -0.2) is 4.79 Å². The molecule has 0 fully saturated rings. The molecular weight excluding hydrogens is 300 g/mol. The van der Waals surface area contributed by atoms with Gasteiger partial charge in [-0.05, 0) is 26.0 Å². The molecule has 23 heavy (non-hydrogen) atoms. The second kappa shape index (κ2) is 9.40. The van der Waals surface area contributed by atoms with Gasteiger partial charge in [0.2, 0.25) is 0 Å². The van der Waals surface area contributed by atoms with Crippen molar-refractivity contribution in [2.45, 2.75) is 26.4 Å². The van der Waals surface area contributed by atoms with E-state index in [2.05, 4.69) is 6.58 Å². The van der Waals surface area contributed by atoms with Crippen LogP contribution in [0, 0.1) is 0 Å². The summed E-state index contributed by atoms with van der Waals surface area (Å²) in [6.07, 6.45) is -1.15. The summed E-state index contributed by atoms with van der Waals surface area (Å²) in [6.45, 7) is 6.09. The van der Waals surface area contributed by atoms with Gasteiger partial charge in [0.1, 0.15) is 31.2 Å². The molecule has 0 saturated heterocycles. The van der Waals surface area contributed by atoms with E-state index in [1.807, 2.05) is 6.07 Å². The van der Waals surface area contributed by atoms with Gasteiger partial charge >= 0.3 is 11.9 Å². The lowest BCUT2D eigenvalue weighted by atomic mass is 10.3. The van der Waals surface area contributed by atoms with Crippen molar-refractivity contribution in [1.29, 1.82) is 0 Å². The predicted octanol–water partition coefficient (Wildman–Crippen LogP) is 2.08. The zero-order chi connectivity index (χ0) is 17.2. The Kier molecular flexibility index (Phi) is 7.53. The highest BCUT2D eigenvalue weighted by Crippen LogP contribution is 2.10. The van der Waals surface area contributed by atoms with Crippen LogP contribution in [0.3, 0.4) is 0 Å². The van der Waals surface area contributed by atoms with Crippen LogP contribution in [0.15, 0.2) is 42.5 Å².